The molecule has 18 heavy (non-hydrogen) atoms. The number of nitrogens with one attached hydrogen (secondary N) is 2. The maximum atomic E-state index is 5.67. The van der Waals surface area contributed by atoms with Crippen LogP contribution < -0.4 is 11.1 Å². The molecular formula is C10H14N6S2. The molecule has 96 valence electrons. The molecule has 0 bridgehead atoms. The van der Waals surface area contributed by atoms with E-state index in [1.807, 2.05) is 23.5 Å². The molecule has 1 aliphatic rings. The summed E-state index contributed by atoms with van der Waals surface area (Å²) in [7, 11) is 0. The Morgan fingerprint density at radius 1 is 1.44 bits per heavy atom. The van der Waals surface area contributed by atoms with Crippen LogP contribution in [0.4, 0.5) is 11.8 Å². The van der Waals surface area contributed by atoms with E-state index in [-0.39, 0.29) is 5.95 Å². The molecular weight excluding hydrogens is 268 g/mol. The van der Waals surface area contributed by atoms with Crippen molar-refractivity contribution in [1.29, 1.82) is 0 Å². The van der Waals surface area contributed by atoms with Crippen LogP contribution in [0, 0.1) is 0 Å². The van der Waals surface area contributed by atoms with Crippen molar-refractivity contribution in [2.75, 3.05) is 34.9 Å². The third kappa shape index (κ3) is 2.49. The highest BCUT2D eigenvalue weighted by Crippen LogP contribution is 2.25. The standard InChI is InChI=1S/C10H14N6S2/c11-10-15-8(7-9(16-10)14-5-13-7)12-3-6-4-17-1-2-18-6/h5-6H,1-4H2,(H4,11,12,13,14,15,16). The molecule has 0 aliphatic carbocycles. The molecule has 0 spiro atoms. The molecule has 3 heterocycles. The first kappa shape index (κ1) is 11.9. The highest BCUT2D eigenvalue weighted by Gasteiger charge is 2.15. The van der Waals surface area contributed by atoms with Crippen molar-refractivity contribution in [1.82, 2.24) is 19.9 Å². The van der Waals surface area contributed by atoms with Crippen molar-refractivity contribution in [2.45, 2.75) is 5.25 Å². The lowest BCUT2D eigenvalue weighted by Crippen LogP contribution is -2.23. The summed E-state index contributed by atoms with van der Waals surface area (Å²) in [5, 5.41) is 3.97. The molecule has 1 aliphatic heterocycles. The fraction of sp³-hybridized carbons (Fsp3) is 0.500. The number of imidazole rings is 1. The lowest BCUT2D eigenvalue weighted by Gasteiger charge is -2.21. The molecule has 2 aromatic rings. The highest BCUT2D eigenvalue weighted by molar-refractivity contribution is 8.06. The number of rotatable bonds is 3. The zero-order valence-electron chi connectivity index (χ0n) is 9.72. The molecule has 6 nitrogen and oxygen atoms in total. The van der Waals surface area contributed by atoms with E-state index in [2.05, 4.69) is 25.3 Å². The molecule has 0 saturated carbocycles. The number of nitrogens with two attached hydrogens (primary N) is 1. The summed E-state index contributed by atoms with van der Waals surface area (Å²) in [6.07, 6.45) is 1.61. The lowest BCUT2D eigenvalue weighted by molar-refractivity contribution is 0.993. The number of fused-ring (bicyclic) bond motifs is 1. The molecule has 1 atom stereocenters. The fourth-order valence-electron chi connectivity index (χ4n) is 1.84. The van der Waals surface area contributed by atoms with E-state index < -0.39 is 0 Å². The highest BCUT2D eigenvalue weighted by atomic mass is 32.2. The van der Waals surface area contributed by atoms with Crippen LogP contribution in [0.15, 0.2) is 6.33 Å². The van der Waals surface area contributed by atoms with Gasteiger partial charge in [0.15, 0.2) is 11.5 Å². The zero-order chi connectivity index (χ0) is 12.4. The summed E-state index contributed by atoms with van der Waals surface area (Å²) >= 11 is 4.02. The minimum Gasteiger partial charge on any atom is -0.368 e. The van der Waals surface area contributed by atoms with E-state index in [9.17, 15) is 0 Å². The first-order valence-corrected chi connectivity index (χ1v) is 7.93. The number of aromatic nitrogens is 4. The zero-order valence-corrected chi connectivity index (χ0v) is 11.4. The van der Waals surface area contributed by atoms with Gasteiger partial charge >= 0.3 is 0 Å². The Morgan fingerprint density at radius 3 is 3.22 bits per heavy atom. The van der Waals surface area contributed by atoms with E-state index in [1.165, 1.54) is 17.3 Å². The second-order valence-corrected chi connectivity index (χ2v) is 6.54. The van der Waals surface area contributed by atoms with Crippen molar-refractivity contribution in [3.05, 3.63) is 6.33 Å². The molecule has 0 amide bonds. The normalized spacial score (nSPS) is 20.1. The van der Waals surface area contributed by atoms with Crippen LogP contribution in [-0.2, 0) is 0 Å². The number of aromatic amines is 1. The van der Waals surface area contributed by atoms with Gasteiger partial charge in [-0.2, -0.15) is 33.5 Å². The number of nitrogen functional groups attached to an aromatic ring is 1. The van der Waals surface area contributed by atoms with Gasteiger partial charge in [0.25, 0.3) is 0 Å². The molecule has 8 heteroatoms. The van der Waals surface area contributed by atoms with Gasteiger partial charge in [-0.1, -0.05) is 0 Å². The summed E-state index contributed by atoms with van der Waals surface area (Å²) in [5.41, 5.74) is 7.09. The van der Waals surface area contributed by atoms with Crippen LogP contribution in [0.2, 0.25) is 0 Å². The Hall–Kier alpha value is -1.15. The van der Waals surface area contributed by atoms with E-state index >= 15 is 0 Å². The third-order valence-corrected chi connectivity index (χ3v) is 5.53. The first-order valence-electron chi connectivity index (χ1n) is 5.73. The Bertz CT molecular complexity index is 536. The molecule has 2 aromatic heterocycles. The average molecular weight is 282 g/mol. The monoisotopic (exact) mass is 282 g/mol. The average Bonchev–Trinajstić information content (AvgIpc) is 2.85. The number of anilines is 2. The Morgan fingerprint density at radius 2 is 2.39 bits per heavy atom. The van der Waals surface area contributed by atoms with Crippen LogP contribution in [0.1, 0.15) is 0 Å². The van der Waals surface area contributed by atoms with Gasteiger partial charge in [-0.3, -0.25) is 0 Å². The number of hydrogen-bond donors (Lipinski definition) is 3. The summed E-state index contributed by atoms with van der Waals surface area (Å²) in [5.74, 6) is 4.66. The summed E-state index contributed by atoms with van der Waals surface area (Å²) in [4.78, 5) is 15.4. The third-order valence-electron chi connectivity index (χ3n) is 2.69. The Balaban J connectivity index is 1.75. The minimum atomic E-state index is 0.253. The van der Waals surface area contributed by atoms with Crippen LogP contribution in [0.3, 0.4) is 0 Å². The lowest BCUT2D eigenvalue weighted by atomic mass is 10.4. The van der Waals surface area contributed by atoms with Crippen LogP contribution in [0.25, 0.3) is 11.2 Å². The second kappa shape index (κ2) is 5.23. The van der Waals surface area contributed by atoms with Gasteiger partial charge in [-0.15, -0.1) is 0 Å². The van der Waals surface area contributed by atoms with Crippen molar-refractivity contribution < 1.29 is 0 Å². The molecule has 1 fully saturated rings. The number of nitrogens with zero attached hydrogens (tertiary/aromatic N) is 3. The fourth-order valence-corrected chi connectivity index (χ4v) is 4.45. The SMILES string of the molecule is Nc1nc(NCC2CSCCS2)c2[nH]cnc2n1. The van der Waals surface area contributed by atoms with Gasteiger partial charge in [0, 0.05) is 29.1 Å². The number of H-pyrrole nitrogens is 1. The predicted octanol–water partition coefficient (Wildman–Crippen LogP) is 1.20. The molecule has 1 unspecified atom stereocenters. The summed E-state index contributed by atoms with van der Waals surface area (Å²) in [6.45, 7) is 0.891. The number of hydrogen-bond acceptors (Lipinski definition) is 7. The molecule has 0 radical (unpaired) electrons. The minimum absolute atomic E-state index is 0.253. The van der Waals surface area contributed by atoms with Crippen molar-refractivity contribution in [3.8, 4) is 0 Å². The summed E-state index contributed by atoms with van der Waals surface area (Å²) in [6, 6.07) is 0. The Kier molecular flexibility index (Phi) is 3.46. The quantitative estimate of drug-likeness (QED) is 0.778. The smallest absolute Gasteiger partial charge is 0.224 e. The van der Waals surface area contributed by atoms with Gasteiger partial charge in [-0.05, 0) is 0 Å². The van der Waals surface area contributed by atoms with Crippen molar-refractivity contribution in [3.63, 3.8) is 0 Å². The van der Waals surface area contributed by atoms with Gasteiger partial charge in [0.1, 0.15) is 5.52 Å². The van der Waals surface area contributed by atoms with Crippen LogP contribution in [-0.4, -0.2) is 49.0 Å². The summed E-state index contributed by atoms with van der Waals surface area (Å²) < 4.78 is 0. The van der Waals surface area contributed by atoms with E-state index in [0.29, 0.717) is 10.9 Å². The second-order valence-electron chi connectivity index (χ2n) is 3.98. The van der Waals surface area contributed by atoms with E-state index in [4.69, 9.17) is 5.73 Å². The maximum Gasteiger partial charge on any atom is 0.224 e. The largest absolute Gasteiger partial charge is 0.368 e. The van der Waals surface area contributed by atoms with Gasteiger partial charge < -0.3 is 16.0 Å². The van der Waals surface area contributed by atoms with Crippen LogP contribution >= 0.6 is 23.5 Å². The number of thioether (sulfide) groups is 2. The van der Waals surface area contributed by atoms with E-state index in [0.717, 1.165) is 17.9 Å². The molecule has 1 saturated heterocycles. The first-order chi connectivity index (χ1) is 8.83. The Labute approximate surface area is 113 Å². The van der Waals surface area contributed by atoms with Gasteiger partial charge in [0.2, 0.25) is 5.95 Å². The van der Waals surface area contributed by atoms with Gasteiger partial charge in [-0.25, -0.2) is 4.98 Å². The predicted molar refractivity (Wildman–Crippen MR) is 78.2 cm³/mol. The van der Waals surface area contributed by atoms with E-state index in [1.54, 1.807) is 6.33 Å². The van der Waals surface area contributed by atoms with Crippen LogP contribution in [0.5, 0.6) is 0 Å². The van der Waals surface area contributed by atoms with Gasteiger partial charge in [0.05, 0.1) is 6.33 Å². The van der Waals surface area contributed by atoms with Crippen molar-refractivity contribution in [2.24, 2.45) is 0 Å². The topological polar surface area (TPSA) is 92.5 Å². The molecule has 0 aromatic carbocycles. The molecule has 4 N–H and O–H groups in total. The maximum absolute atomic E-state index is 5.67. The molecule has 3 rings (SSSR count). The van der Waals surface area contributed by atoms with Crippen molar-refractivity contribution >= 4 is 46.5 Å².